The lowest BCUT2D eigenvalue weighted by Gasteiger charge is -2.06. The standard InChI is InChI=1S/C15H16FN3O/c1-17-13-6-8-18-14(10-13)15(20)19-7-5-11-3-2-4-12(16)9-11/h2-4,6,8-10H,5,7H2,1H3,(H,17,18)(H,19,20). The summed E-state index contributed by atoms with van der Waals surface area (Å²) in [5.74, 6) is -0.504. The molecule has 2 N–H and O–H groups in total. The van der Waals surface area contributed by atoms with Gasteiger partial charge in [-0.2, -0.15) is 0 Å². The number of carbonyl (C=O) groups is 1. The minimum Gasteiger partial charge on any atom is -0.388 e. The summed E-state index contributed by atoms with van der Waals surface area (Å²) in [5, 5.41) is 5.72. The highest BCUT2D eigenvalue weighted by atomic mass is 19.1. The summed E-state index contributed by atoms with van der Waals surface area (Å²) in [5.41, 5.74) is 2.04. The van der Waals surface area contributed by atoms with E-state index in [2.05, 4.69) is 15.6 Å². The number of pyridine rings is 1. The molecule has 1 aromatic heterocycles. The van der Waals surface area contributed by atoms with Crippen molar-refractivity contribution in [2.24, 2.45) is 0 Å². The second kappa shape index (κ2) is 6.65. The van der Waals surface area contributed by atoms with E-state index < -0.39 is 0 Å². The van der Waals surface area contributed by atoms with Gasteiger partial charge in [0, 0.05) is 25.5 Å². The van der Waals surface area contributed by atoms with E-state index in [1.54, 1.807) is 31.4 Å². The van der Waals surface area contributed by atoms with Crippen LogP contribution in [0.5, 0.6) is 0 Å². The fourth-order valence-electron chi connectivity index (χ4n) is 1.81. The normalized spacial score (nSPS) is 10.1. The molecule has 0 aliphatic carbocycles. The zero-order valence-electron chi connectivity index (χ0n) is 11.2. The Kier molecular flexibility index (Phi) is 4.65. The smallest absolute Gasteiger partial charge is 0.269 e. The minimum absolute atomic E-state index is 0.237. The Morgan fingerprint density at radius 1 is 1.30 bits per heavy atom. The van der Waals surface area contributed by atoms with Gasteiger partial charge >= 0.3 is 0 Å². The van der Waals surface area contributed by atoms with Crippen molar-refractivity contribution < 1.29 is 9.18 Å². The van der Waals surface area contributed by atoms with E-state index in [-0.39, 0.29) is 11.7 Å². The van der Waals surface area contributed by atoms with E-state index in [9.17, 15) is 9.18 Å². The van der Waals surface area contributed by atoms with Crippen molar-refractivity contribution in [2.75, 3.05) is 18.9 Å². The van der Waals surface area contributed by atoms with Crippen molar-refractivity contribution in [3.63, 3.8) is 0 Å². The van der Waals surface area contributed by atoms with Gasteiger partial charge in [-0.1, -0.05) is 12.1 Å². The number of benzene rings is 1. The van der Waals surface area contributed by atoms with E-state index in [1.165, 1.54) is 12.1 Å². The van der Waals surface area contributed by atoms with Crippen LogP contribution in [0.25, 0.3) is 0 Å². The highest BCUT2D eigenvalue weighted by Crippen LogP contribution is 2.07. The number of halogens is 1. The highest BCUT2D eigenvalue weighted by Gasteiger charge is 2.07. The summed E-state index contributed by atoms with van der Waals surface area (Å²) in [6, 6.07) is 9.81. The first-order valence-corrected chi connectivity index (χ1v) is 6.35. The zero-order valence-corrected chi connectivity index (χ0v) is 11.2. The SMILES string of the molecule is CNc1ccnc(C(=O)NCCc2cccc(F)c2)c1. The molecule has 104 valence electrons. The monoisotopic (exact) mass is 273 g/mol. The maximum absolute atomic E-state index is 13.0. The second-order valence-electron chi connectivity index (χ2n) is 4.32. The summed E-state index contributed by atoms with van der Waals surface area (Å²) in [7, 11) is 1.78. The largest absolute Gasteiger partial charge is 0.388 e. The first-order valence-electron chi connectivity index (χ1n) is 6.35. The van der Waals surface area contributed by atoms with E-state index in [4.69, 9.17) is 0 Å². The molecule has 0 saturated carbocycles. The van der Waals surface area contributed by atoms with E-state index in [1.807, 2.05) is 6.07 Å². The van der Waals surface area contributed by atoms with Crippen LogP contribution in [0.15, 0.2) is 42.6 Å². The molecule has 0 fully saturated rings. The van der Waals surface area contributed by atoms with E-state index in [0.717, 1.165) is 11.3 Å². The van der Waals surface area contributed by atoms with Crippen LogP contribution >= 0.6 is 0 Å². The summed E-state index contributed by atoms with van der Waals surface area (Å²) >= 11 is 0. The van der Waals surface area contributed by atoms with Crippen molar-refractivity contribution in [3.05, 3.63) is 59.7 Å². The number of nitrogens with one attached hydrogen (secondary N) is 2. The Hall–Kier alpha value is -2.43. The van der Waals surface area contributed by atoms with Crippen LogP contribution in [0.2, 0.25) is 0 Å². The predicted octanol–water partition coefficient (Wildman–Crippen LogP) is 2.23. The number of nitrogens with zero attached hydrogens (tertiary/aromatic N) is 1. The third-order valence-corrected chi connectivity index (χ3v) is 2.87. The summed E-state index contributed by atoms with van der Waals surface area (Å²) < 4.78 is 13.0. The van der Waals surface area contributed by atoms with Crippen LogP contribution in [0, 0.1) is 5.82 Å². The van der Waals surface area contributed by atoms with E-state index in [0.29, 0.717) is 18.7 Å². The molecule has 1 heterocycles. The van der Waals surface area contributed by atoms with Crippen molar-refractivity contribution in [1.82, 2.24) is 10.3 Å². The molecule has 1 aromatic carbocycles. The van der Waals surface area contributed by atoms with Gasteiger partial charge in [0.25, 0.3) is 5.91 Å². The molecule has 0 aliphatic rings. The summed E-state index contributed by atoms with van der Waals surface area (Å²) in [6.07, 6.45) is 2.16. The topological polar surface area (TPSA) is 54.0 Å². The Balaban J connectivity index is 1.89. The molecule has 0 aliphatic heterocycles. The van der Waals surface area contributed by atoms with Gasteiger partial charge in [0.05, 0.1) is 0 Å². The van der Waals surface area contributed by atoms with Gasteiger partial charge in [0.15, 0.2) is 0 Å². The molecule has 2 aromatic rings. The molecular formula is C15H16FN3O. The van der Waals surface area contributed by atoms with Gasteiger partial charge < -0.3 is 10.6 Å². The molecule has 0 atom stereocenters. The van der Waals surface area contributed by atoms with E-state index >= 15 is 0 Å². The van der Waals surface area contributed by atoms with Gasteiger partial charge in [-0.3, -0.25) is 9.78 Å². The molecule has 0 radical (unpaired) electrons. The van der Waals surface area contributed by atoms with Crippen molar-refractivity contribution in [1.29, 1.82) is 0 Å². The molecule has 2 rings (SSSR count). The van der Waals surface area contributed by atoms with Crippen LogP contribution in [-0.2, 0) is 6.42 Å². The van der Waals surface area contributed by atoms with Crippen LogP contribution in [0.3, 0.4) is 0 Å². The van der Waals surface area contributed by atoms with Gasteiger partial charge in [0.1, 0.15) is 11.5 Å². The lowest BCUT2D eigenvalue weighted by molar-refractivity contribution is 0.0949. The third kappa shape index (κ3) is 3.78. The zero-order chi connectivity index (χ0) is 14.4. The van der Waals surface area contributed by atoms with Crippen LogP contribution in [0.1, 0.15) is 16.1 Å². The van der Waals surface area contributed by atoms with Gasteiger partial charge in [0.2, 0.25) is 0 Å². The van der Waals surface area contributed by atoms with Crippen molar-refractivity contribution in [2.45, 2.75) is 6.42 Å². The lowest BCUT2D eigenvalue weighted by Crippen LogP contribution is -2.26. The number of hydrogen-bond donors (Lipinski definition) is 2. The third-order valence-electron chi connectivity index (χ3n) is 2.87. The first-order chi connectivity index (χ1) is 9.69. The Bertz CT molecular complexity index is 601. The maximum atomic E-state index is 13.0. The number of aromatic nitrogens is 1. The van der Waals surface area contributed by atoms with Crippen molar-refractivity contribution in [3.8, 4) is 0 Å². The molecule has 0 spiro atoms. The van der Waals surface area contributed by atoms with Crippen molar-refractivity contribution >= 4 is 11.6 Å². The average Bonchev–Trinajstić information content (AvgIpc) is 2.47. The first kappa shape index (κ1) is 14.0. The molecule has 0 saturated heterocycles. The minimum atomic E-state index is -0.266. The number of carbonyl (C=O) groups excluding carboxylic acids is 1. The molecule has 0 bridgehead atoms. The summed E-state index contributed by atoms with van der Waals surface area (Å²) in [6.45, 7) is 0.438. The molecule has 20 heavy (non-hydrogen) atoms. The van der Waals surface area contributed by atoms with Gasteiger partial charge in [-0.25, -0.2) is 4.39 Å². The number of hydrogen-bond acceptors (Lipinski definition) is 3. The number of rotatable bonds is 5. The fraction of sp³-hybridized carbons (Fsp3) is 0.200. The highest BCUT2D eigenvalue weighted by molar-refractivity contribution is 5.93. The average molecular weight is 273 g/mol. The number of anilines is 1. The summed E-state index contributed by atoms with van der Waals surface area (Å²) in [4.78, 5) is 15.9. The Morgan fingerprint density at radius 3 is 2.90 bits per heavy atom. The Labute approximate surface area is 117 Å². The quantitative estimate of drug-likeness (QED) is 0.878. The van der Waals surface area contributed by atoms with Crippen LogP contribution in [0.4, 0.5) is 10.1 Å². The fourth-order valence-corrected chi connectivity index (χ4v) is 1.81. The maximum Gasteiger partial charge on any atom is 0.269 e. The number of amides is 1. The predicted molar refractivity (Wildman–Crippen MR) is 76.2 cm³/mol. The molecule has 5 heteroatoms. The second-order valence-corrected chi connectivity index (χ2v) is 4.32. The lowest BCUT2D eigenvalue weighted by atomic mass is 10.1. The Morgan fingerprint density at radius 2 is 2.15 bits per heavy atom. The van der Waals surface area contributed by atoms with Crippen LogP contribution in [-0.4, -0.2) is 24.5 Å². The van der Waals surface area contributed by atoms with Crippen LogP contribution < -0.4 is 10.6 Å². The molecule has 4 nitrogen and oxygen atoms in total. The molecule has 0 unspecified atom stereocenters. The molecule has 1 amide bonds. The van der Waals surface area contributed by atoms with Gasteiger partial charge in [-0.05, 0) is 36.2 Å². The molecular weight excluding hydrogens is 257 g/mol. The van der Waals surface area contributed by atoms with Gasteiger partial charge in [-0.15, -0.1) is 0 Å².